The van der Waals surface area contributed by atoms with E-state index in [1.54, 1.807) is 12.3 Å². The quantitative estimate of drug-likeness (QED) is 0.269. The fourth-order valence-corrected chi connectivity index (χ4v) is 0.836. The van der Waals surface area contributed by atoms with Gasteiger partial charge in [0.25, 0.3) is 0 Å². The summed E-state index contributed by atoms with van der Waals surface area (Å²) < 4.78 is 0. The van der Waals surface area contributed by atoms with Crippen molar-refractivity contribution < 1.29 is 4.84 Å². The molecule has 0 aromatic heterocycles. The molecular weight excluding hydrogens is 152 g/mol. The van der Waals surface area contributed by atoms with Gasteiger partial charge in [0.15, 0.2) is 0 Å². The lowest BCUT2D eigenvalue weighted by Crippen LogP contribution is -1.98. The molecule has 0 bridgehead atoms. The molecule has 0 unspecified atom stereocenters. The Labute approximate surface area is 72.1 Å². The normalized spacial score (nSPS) is 16.1. The monoisotopic (exact) mass is 164 g/mol. The van der Waals surface area contributed by atoms with Gasteiger partial charge in [-0.1, -0.05) is 23.9 Å². The third kappa shape index (κ3) is 2.34. The van der Waals surface area contributed by atoms with E-state index in [0.29, 0.717) is 6.61 Å². The van der Waals surface area contributed by atoms with Gasteiger partial charge in [0.2, 0.25) is 0 Å². The Balaban J connectivity index is 2.36. The molecule has 0 atom stereocenters. The molecule has 12 heavy (non-hydrogen) atoms. The fourth-order valence-electron chi connectivity index (χ4n) is 0.836. The van der Waals surface area contributed by atoms with Crippen LogP contribution in [0.25, 0.3) is 0 Å². The Bertz CT molecular complexity index is 251. The number of oxime groups is 1. The third-order valence-corrected chi connectivity index (χ3v) is 1.51. The van der Waals surface area contributed by atoms with E-state index in [9.17, 15) is 0 Å². The Hall–Kier alpha value is -1.38. The SMILES string of the molecule is C=CCO/N=C\C1=NCC=C1C. The predicted octanol–water partition coefficient (Wildman–Crippen LogP) is 1.58. The molecule has 1 heterocycles. The number of hydrogen-bond donors (Lipinski definition) is 0. The van der Waals surface area contributed by atoms with Gasteiger partial charge < -0.3 is 4.84 Å². The third-order valence-electron chi connectivity index (χ3n) is 1.51. The summed E-state index contributed by atoms with van der Waals surface area (Å²) in [5.74, 6) is 0. The maximum Gasteiger partial charge on any atom is 0.135 e. The highest BCUT2D eigenvalue weighted by atomic mass is 16.6. The molecular formula is C9H12N2O. The van der Waals surface area contributed by atoms with Crippen molar-refractivity contribution in [3.63, 3.8) is 0 Å². The molecule has 64 valence electrons. The van der Waals surface area contributed by atoms with Crippen LogP contribution in [0, 0.1) is 0 Å². The lowest BCUT2D eigenvalue weighted by molar-refractivity contribution is 0.177. The molecule has 3 heteroatoms. The number of nitrogens with zero attached hydrogens (tertiary/aromatic N) is 2. The first-order valence-electron chi connectivity index (χ1n) is 3.82. The van der Waals surface area contributed by atoms with Gasteiger partial charge in [0.1, 0.15) is 6.61 Å². The zero-order valence-electron chi connectivity index (χ0n) is 7.16. The van der Waals surface area contributed by atoms with Crippen LogP contribution >= 0.6 is 0 Å². The van der Waals surface area contributed by atoms with Crippen LogP contribution in [0.3, 0.4) is 0 Å². The van der Waals surface area contributed by atoms with Crippen LogP contribution in [0.4, 0.5) is 0 Å². The van der Waals surface area contributed by atoms with Gasteiger partial charge >= 0.3 is 0 Å². The Morgan fingerprint density at radius 1 is 1.83 bits per heavy atom. The summed E-state index contributed by atoms with van der Waals surface area (Å²) in [5.41, 5.74) is 2.06. The summed E-state index contributed by atoms with van der Waals surface area (Å²) in [6, 6.07) is 0. The van der Waals surface area contributed by atoms with Gasteiger partial charge in [-0.3, -0.25) is 4.99 Å². The number of allylic oxidation sites excluding steroid dienone is 1. The summed E-state index contributed by atoms with van der Waals surface area (Å²) in [5, 5.41) is 3.73. The molecule has 0 saturated carbocycles. The second-order valence-electron chi connectivity index (χ2n) is 2.43. The lowest BCUT2D eigenvalue weighted by Gasteiger charge is -1.93. The molecule has 0 amide bonds. The minimum Gasteiger partial charge on any atom is -0.392 e. The zero-order valence-corrected chi connectivity index (χ0v) is 7.16. The first-order chi connectivity index (χ1) is 5.84. The lowest BCUT2D eigenvalue weighted by atomic mass is 10.2. The van der Waals surface area contributed by atoms with Crippen LogP contribution in [0.1, 0.15) is 6.92 Å². The molecule has 1 rings (SSSR count). The van der Waals surface area contributed by atoms with Gasteiger partial charge in [-0.25, -0.2) is 0 Å². The highest BCUT2D eigenvalue weighted by Crippen LogP contribution is 2.02. The maximum absolute atomic E-state index is 4.84. The Kier molecular flexibility index (Phi) is 3.26. The van der Waals surface area contributed by atoms with Crippen molar-refractivity contribution >= 4 is 11.9 Å². The van der Waals surface area contributed by atoms with Crippen LogP contribution in [0.15, 0.2) is 34.5 Å². The predicted molar refractivity (Wildman–Crippen MR) is 50.7 cm³/mol. The Morgan fingerprint density at radius 2 is 2.67 bits per heavy atom. The highest BCUT2D eigenvalue weighted by Gasteiger charge is 2.02. The molecule has 0 aromatic rings. The van der Waals surface area contributed by atoms with Crippen LogP contribution in [-0.2, 0) is 4.84 Å². The van der Waals surface area contributed by atoms with Crippen LogP contribution in [-0.4, -0.2) is 25.1 Å². The van der Waals surface area contributed by atoms with E-state index in [4.69, 9.17) is 4.84 Å². The smallest absolute Gasteiger partial charge is 0.135 e. The number of aliphatic imine (C=N–C) groups is 1. The van der Waals surface area contributed by atoms with Gasteiger partial charge in [-0.15, -0.1) is 0 Å². The average molecular weight is 164 g/mol. The van der Waals surface area contributed by atoms with Crippen LogP contribution < -0.4 is 0 Å². The van der Waals surface area contributed by atoms with Crippen molar-refractivity contribution in [1.82, 2.24) is 0 Å². The van der Waals surface area contributed by atoms with Crippen LogP contribution in [0.2, 0.25) is 0 Å². The first kappa shape index (κ1) is 8.71. The van der Waals surface area contributed by atoms with Gasteiger partial charge in [-0.2, -0.15) is 0 Å². The molecule has 1 aliphatic rings. The minimum absolute atomic E-state index is 0.437. The van der Waals surface area contributed by atoms with Gasteiger partial charge in [0.05, 0.1) is 18.5 Å². The molecule has 0 N–H and O–H groups in total. The van der Waals surface area contributed by atoms with Crippen LogP contribution in [0.5, 0.6) is 0 Å². The van der Waals surface area contributed by atoms with E-state index in [-0.39, 0.29) is 0 Å². The van der Waals surface area contributed by atoms with Crippen molar-refractivity contribution in [2.45, 2.75) is 6.92 Å². The van der Waals surface area contributed by atoms with E-state index >= 15 is 0 Å². The number of rotatable bonds is 4. The summed E-state index contributed by atoms with van der Waals surface area (Å²) in [6.45, 7) is 6.71. The summed E-state index contributed by atoms with van der Waals surface area (Å²) in [6.07, 6.45) is 5.33. The van der Waals surface area contributed by atoms with Crippen molar-refractivity contribution in [3.05, 3.63) is 24.3 Å². The highest BCUT2D eigenvalue weighted by molar-refractivity contribution is 6.38. The van der Waals surface area contributed by atoms with E-state index < -0.39 is 0 Å². The summed E-state index contributed by atoms with van der Waals surface area (Å²) in [4.78, 5) is 9.02. The van der Waals surface area contributed by atoms with Crippen molar-refractivity contribution in [3.8, 4) is 0 Å². The van der Waals surface area contributed by atoms with Gasteiger partial charge in [0, 0.05) is 0 Å². The average Bonchev–Trinajstić information content (AvgIpc) is 2.46. The number of hydrogen-bond acceptors (Lipinski definition) is 3. The minimum atomic E-state index is 0.437. The first-order valence-corrected chi connectivity index (χ1v) is 3.82. The molecule has 0 aromatic carbocycles. The largest absolute Gasteiger partial charge is 0.392 e. The van der Waals surface area contributed by atoms with E-state index in [1.165, 1.54) is 0 Å². The second-order valence-corrected chi connectivity index (χ2v) is 2.43. The standard InChI is InChI=1S/C9H12N2O/c1-3-6-12-11-7-9-8(2)4-5-10-9/h3-4,7H,1,5-6H2,2H3/b11-7-. The molecule has 0 fully saturated rings. The molecule has 0 spiro atoms. The Morgan fingerprint density at radius 3 is 3.25 bits per heavy atom. The molecule has 3 nitrogen and oxygen atoms in total. The molecule has 1 aliphatic heterocycles. The maximum atomic E-state index is 4.84. The summed E-state index contributed by atoms with van der Waals surface area (Å²) in [7, 11) is 0. The molecule has 0 aliphatic carbocycles. The van der Waals surface area contributed by atoms with E-state index in [2.05, 4.69) is 22.8 Å². The zero-order chi connectivity index (χ0) is 8.81. The van der Waals surface area contributed by atoms with E-state index in [0.717, 1.165) is 17.8 Å². The topological polar surface area (TPSA) is 34.0 Å². The second kappa shape index (κ2) is 4.49. The molecule has 0 radical (unpaired) electrons. The fraction of sp³-hybridized carbons (Fsp3) is 0.333. The van der Waals surface area contributed by atoms with E-state index in [1.807, 2.05) is 6.92 Å². The van der Waals surface area contributed by atoms with Crippen molar-refractivity contribution in [1.29, 1.82) is 0 Å². The van der Waals surface area contributed by atoms with Crippen molar-refractivity contribution in [2.24, 2.45) is 10.1 Å². The van der Waals surface area contributed by atoms with Crippen molar-refractivity contribution in [2.75, 3.05) is 13.2 Å². The molecule has 0 saturated heterocycles. The summed E-state index contributed by atoms with van der Waals surface area (Å²) >= 11 is 0. The van der Waals surface area contributed by atoms with Gasteiger partial charge in [-0.05, 0) is 12.5 Å².